The van der Waals surface area contributed by atoms with Crippen molar-refractivity contribution >= 4 is 34.4 Å². The third-order valence-electron chi connectivity index (χ3n) is 4.09. The Morgan fingerprint density at radius 1 is 1.19 bits per heavy atom. The van der Waals surface area contributed by atoms with Crippen LogP contribution in [-0.4, -0.2) is 18.5 Å². The first-order chi connectivity index (χ1) is 12.5. The van der Waals surface area contributed by atoms with Gasteiger partial charge in [-0.1, -0.05) is 41.9 Å². The normalized spacial score (nSPS) is 12.0. The van der Waals surface area contributed by atoms with E-state index in [1.165, 1.54) is 0 Å². The van der Waals surface area contributed by atoms with E-state index in [9.17, 15) is 9.59 Å². The van der Waals surface area contributed by atoms with Gasteiger partial charge in [-0.05, 0) is 37.6 Å². The highest BCUT2D eigenvalue weighted by Gasteiger charge is 2.20. The monoisotopic (exact) mass is 371 g/mol. The molecule has 1 amide bonds. The van der Waals surface area contributed by atoms with E-state index in [1.54, 1.807) is 25.1 Å². The number of hydrogen-bond acceptors (Lipinski definition) is 4. The number of fused-ring (bicyclic) bond motifs is 1. The second kappa shape index (κ2) is 7.62. The average molecular weight is 372 g/mol. The minimum absolute atomic E-state index is 0.113. The van der Waals surface area contributed by atoms with Gasteiger partial charge in [-0.2, -0.15) is 0 Å². The predicted molar refractivity (Wildman–Crippen MR) is 99.2 cm³/mol. The average Bonchev–Trinajstić information content (AvgIpc) is 2.97. The quantitative estimate of drug-likeness (QED) is 0.674. The number of rotatable bonds is 5. The summed E-state index contributed by atoms with van der Waals surface area (Å²) in [6, 6.07) is 14.3. The van der Waals surface area contributed by atoms with Gasteiger partial charge in [0, 0.05) is 16.0 Å². The number of aryl methyl sites for hydroxylation is 1. The van der Waals surface area contributed by atoms with Gasteiger partial charge in [0.05, 0.1) is 6.04 Å². The summed E-state index contributed by atoms with van der Waals surface area (Å²) in [6.07, 6.45) is 0. The molecule has 1 atom stereocenters. The highest BCUT2D eigenvalue weighted by Crippen LogP contribution is 2.25. The highest BCUT2D eigenvalue weighted by molar-refractivity contribution is 6.30. The summed E-state index contributed by atoms with van der Waals surface area (Å²) in [7, 11) is 0. The Hall–Kier alpha value is -2.79. The lowest BCUT2D eigenvalue weighted by Gasteiger charge is -2.14. The number of benzene rings is 2. The van der Waals surface area contributed by atoms with Crippen molar-refractivity contribution < 1.29 is 18.7 Å². The van der Waals surface area contributed by atoms with Crippen LogP contribution in [0.15, 0.2) is 52.9 Å². The third-order valence-corrected chi connectivity index (χ3v) is 4.32. The molecule has 0 aliphatic rings. The zero-order valence-corrected chi connectivity index (χ0v) is 15.2. The van der Waals surface area contributed by atoms with Crippen molar-refractivity contribution in [3.8, 4) is 0 Å². The van der Waals surface area contributed by atoms with Gasteiger partial charge >= 0.3 is 5.97 Å². The van der Waals surface area contributed by atoms with Crippen LogP contribution in [0.3, 0.4) is 0 Å². The minimum atomic E-state index is -0.663. The van der Waals surface area contributed by atoms with Crippen molar-refractivity contribution in [2.45, 2.75) is 19.9 Å². The Labute approximate surface area is 155 Å². The van der Waals surface area contributed by atoms with Crippen LogP contribution >= 0.6 is 11.6 Å². The summed E-state index contributed by atoms with van der Waals surface area (Å²) >= 11 is 5.95. The molecule has 0 spiro atoms. The van der Waals surface area contributed by atoms with E-state index >= 15 is 0 Å². The molecule has 2 aromatic carbocycles. The van der Waals surface area contributed by atoms with Crippen LogP contribution in [0.1, 0.15) is 34.6 Å². The van der Waals surface area contributed by atoms with E-state index < -0.39 is 11.9 Å². The largest absolute Gasteiger partial charge is 0.450 e. The summed E-state index contributed by atoms with van der Waals surface area (Å²) in [5.74, 6) is -0.953. The topological polar surface area (TPSA) is 68.5 Å². The zero-order chi connectivity index (χ0) is 18.7. The van der Waals surface area contributed by atoms with E-state index in [0.29, 0.717) is 16.2 Å². The molecule has 26 heavy (non-hydrogen) atoms. The van der Waals surface area contributed by atoms with E-state index in [4.69, 9.17) is 20.8 Å². The molecule has 0 fully saturated rings. The SMILES string of the molecule is Cc1c(C(=O)OCC(=O)N[C@H](C)c2cccc(Cl)c2)oc2ccccc12. The van der Waals surface area contributed by atoms with Gasteiger partial charge in [-0.3, -0.25) is 4.79 Å². The molecule has 5 nitrogen and oxygen atoms in total. The number of ether oxygens (including phenoxy) is 1. The van der Waals surface area contributed by atoms with Crippen LogP contribution in [-0.2, 0) is 9.53 Å². The fourth-order valence-corrected chi connectivity index (χ4v) is 2.91. The number of carbonyl (C=O) groups excluding carboxylic acids is 2. The van der Waals surface area contributed by atoms with Crippen LogP contribution < -0.4 is 5.32 Å². The van der Waals surface area contributed by atoms with Gasteiger partial charge in [-0.25, -0.2) is 4.79 Å². The number of halogens is 1. The Morgan fingerprint density at radius 2 is 1.96 bits per heavy atom. The van der Waals surface area contributed by atoms with Crippen molar-refractivity contribution in [3.05, 3.63) is 70.4 Å². The Balaban J connectivity index is 1.60. The Morgan fingerprint density at radius 3 is 2.69 bits per heavy atom. The van der Waals surface area contributed by atoms with Gasteiger partial charge < -0.3 is 14.5 Å². The number of furan rings is 1. The standard InChI is InChI=1S/C20H18ClNO4/c1-12-16-8-3-4-9-17(16)26-19(12)20(24)25-11-18(23)22-13(2)14-6-5-7-15(21)10-14/h3-10,13H,11H2,1-2H3,(H,22,23)/t13-/m1/s1. The number of carbonyl (C=O) groups is 2. The molecular weight excluding hydrogens is 354 g/mol. The maximum Gasteiger partial charge on any atom is 0.375 e. The molecule has 1 N–H and O–H groups in total. The van der Waals surface area contributed by atoms with Crippen LogP contribution in [0.2, 0.25) is 5.02 Å². The van der Waals surface area contributed by atoms with Gasteiger partial charge in [0.25, 0.3) is 5.91 Å². The lowest BCUT2D eigenvalue weighted by atomic mass is 10.1. The first-order valence-corrected chi connectivity index (χ1v) is 8.53. The Kier molecular flexibility index (Phi) is 5.28. The van der Waals surface area contributed by atoms with E-state index in [2.05, 4.69) is 5.32 Å². The molecule has 3 rings (SSSR count). The van der Waals surface area contributed by atoms with Crippen molar-refractivity contribution in [3.63, 3.8) is 0 Å². The molecule has 134 valence electrons. The Bertz CT molecular complexity index is 963. The molecule has 0 saturated carbocycles. The fraction of sp³-hybridized carbons (Fsp3) is 0.200. The maximum absolute atomic E-state index is 12.2. The molecule has 0 aliphatic carbocycles. The van der Waals surface area contributed by atoms with E-state index in [1.807, 2.05) is 37.3 Å². The molecule has 0 saturated heterocycles. The van der Waals surface area contributed by atoms with Crippen molar-refractivity contribution in [2.75, 3.05) is 6.61 Å². The molecule has 0 aliphatic heterocycles. The summed E-state index contributed by atoms with van der Waals surface area (Å²) in [6.45, 7) is 3.22. The predicted octanol–water partition coefficient (Wildman–Crippen LogP) is 4.43. The molecule has 1 heterocycles. The molecule has 6 heteroatoms. The first-order valence-electron chi connectivity index (χ1n) is 8.16. The fourth-order valence-electron chi connectivity index (χ4n) is 2.71. The van der Waals surface area contributed by atoms with Gasteiger partial charge in [0.15, 0.2) is 6.61 Å². The van der Waals surface area contributed by atoms with E-state index in [0.717, 1.165) is 10.9 Å². The van der Waals surface area contributed by atoms with Crippen molar-refractivity contribution in [2.24, 2.45) is 0 Å². The third kappa shape index (κ3) is 3.89. The highest BCUT2D eigenvalue weighted by atomic mass is 35.5. The van der Waals surface area contributed by atoms with Crippen LogP contribution in [0.4, 0.5) is 0 Å². The first kappa shape index (κ1) is 18.0. The number of esters is 1. The summed E-state index contributed by atoms with van der Waals surface area (Å²) < 4.78 is 10.6. The van der Waals surface area contributed by atoms with Gasteiger partial charge in [0.1, 0.15) is 5.58 Å². The molecule has 0 radical (unpaired) electrons. The number of amides is 1. The number of para-hydroxylation sites is 1. The smallest absolute Gasteiger partial charge is 0.375 e. The number of hydrogen-bond donors (Lipinski definition) is 1. The summed E-state index contributed by atoms with van der Waals surface area (Å²) in [5, 5.41) is 4.20. The number of nitrogens with one attached hydrogen (secondary N) is 1. The maximum atomic E-state index is 12.2. The second-order valence-corrected chi connectivity index (χ2v) is 6.41. The van der Waals surface area contributed by atoms with E-state index in [-0.39, 0.29) is 18.4 Å². The second-order valence-electron chi connectivity index (χ2n) is 5.97. The molecule has 1 aromatic heterocycles. The van der Waals surface area contributed by atoms with Gasteiger partial charge in [-0.15, -0.1) is 0 Å². The van der Waals surface area contributed by atoms with Gasteiger partial charge in [0.2, 0.25) is 5.76 Å². The zero-order valence-electron chi connectivity index (χ0n) is 14.4. The minimum Gasteiger partial charge on any atom is -0.450 e. The lowest BCUT2D eigenvalue weighted by molar-refractivity contribution is -0.124. The summed E-state index contributed by atoms with van der Waals surface area (Å²) in [5.41, 5.74) is 2.17. The van der Waals surface area contributed by atoms with Crippen molar-refractivity contribution in [1.82, 2.24) is 5.32 Å². The molecule has 3 aromatic rings. The van der Waals surface area contributed by atoms with Crippen LogP contribution in [0.5, 0.6) is 0 Å². The van der Waals surface area contributed by atoms with Crippen LogP contribution in [0.25, 0.3) is 11.0 Å². The molecule has 0 unspecified atom stereocenters. The molecular formula is C20H18ClNO4. The summed E-state index contributed by atoms with van der Waals surface area (Å²) in [4.78, 5) is 24.3. The molecule has 0 bridgehead atoms. The van der Waals surface area contributed by atoms with Crippen LogP contribution in [0, 0.1) is 6.92 Å². The van der Waals surface area contributed by atoms with Crippen molar-refractivity contribution in [1.29, 1.82) is 0 Å². The lowest BCUT2D eigenvalue weighted by Crippen LogP contribution is -2.31.